The fraction of sp³-hybridized carbons (Fsp3) is 0.346. The van der Waals surface area contributed by atoms with E-state index in [1.54, 1.807) is 5.56 Å². The zero-order chi connectivity index (χ0) is 18.2. The monoisotopic (exact) mass is 543 g/mol. The van der Waals surface area contributed by atoms with Crippen LogP contribution in [0.15, 0.2) is 48.7 Å². The largest absolute Gasteiger partial charge is 0.304 e. The minimum Gasteiger partial charge on any atom is -0.304 e. The van der Waals surface area contributed by atoms with E-state index in [4.69, 9.17) is 4.98 Å². The third-order valence-electron chi connectivity index (χ3n) is 7.37. The molecule has 1 radical (unpaired) electrons. The molecule has 3 aromatic rings. The summed E-state index contributed by atoms with van der Waals surface area (Å²) < 4.78 is 0. The molecule has 0 spiro atoms. The number of hydrogen-bond acceptors (Lipinski definition) is 1. The van der Waals surface area contributed by atoms with E-state index < -0.39 is 0 Å². The number of benzene rings is 2. The standard InChI is InChI=1S/C26H24N.Ir/c1-26(2)23-6-4-3-5-19(23)20-12-11-18(13-24(20)26)25-14-21-16-7-9-17(10-8-16)22(21)15-27-25;/h3-6,12-17H,7-10H2,1-2H3;/q-1;. The molecule has 0 saturated heterocycles. The van der Waals surface area contributed by atoms with Gasteiger partial charge < -0.3 is 4.98 Å². The number of pyridine rings is 1. The maximum absolute atomic E-state index is 4.87. The zero-order valence-corrected chi connectivity index (χ0v) is 18.8. The van der Waals surface area contributed by atoms with Crippen LogP contribution >= 0.6 is 0 Å². The maximum atomic E-state index is 4.87. The number of aromatic nitrogens is 1. The van der Waals surface area contributed by atoms with Crippen LogP contribution in [0.2, 0.25) is 0 Å². The van der Waals surface area contributed by atoms with Gasteiger partial charge in [0.2, 0.25) is 0 Å². The average molecular weight is 543 g/mol. The zero-order valence-electron chi connectivity index (χ0n) is 16.4. The summed E-state index contributed by atoms with van der Waals surface area (Å²) in [6.07, 6.45) is 7.60. The van der Waals surface area contributed by atoms with Crippen LogP contribution in [0.3, 0.4) is 0 Å². The first-order chi connectivity index (χ1) is 13.1. The fourth-order valence-electron chi connectivity index (χ4n) is 5.83. The minimum absolute atomic E-state index is 0. The Morgan fingerprint density at radius 3 is 2.39 bits per heavy atom. The smallest absolute Gasteiger partial charge is 0.0198 e. The Labute approximate surface area is 181 Å². The summed E-state index contributed by atoms with van der Waals surface area (Å²) in [5, 5.41) is 0. The van der Waals surface area contributed by atoms with Gasteiger partial charge in [-0.25, -0.2) is 0 Å². The van der Waals surface area contributed by atoms with Crippen molar-refractivity contribution >= 4 is 0 Å². The van der Waals surface area contributed by atoms with Crippen molar-refractivity contribution in [1.82, 2.24) is 4.98 Å². The fourth-order valence-corrected chi connectivity index (χ4v) is 5.83. The van der Waals surface area contributed by atoms with Crippen LogP contribution in [0.5, 0.6) is 0 Å². The Morgan fingerprint density at radius 1 is 0.893 bits per heavy atom. The molecule has 0 N–H and O–H groups in total. The molecule has 1 fully saturated rings. The van der Waals surface area contributed by atoms with Crippen molar-refractivity contribution in [3.63, 3.8) is 0 Å². The molecule has 0 atom stereocenters. The molecule has 28 heavy (non-hydrogen) atoms. The number of hydrogen-bond donors (Lipinski definition) is 0. The molecule has 7 rings (SSSR count). The van der Waals surface area contributed by atoms with Gasteiger partial charge in [0.15, 0.2) is 0 Å². The van der Waals surface area contributed by atoms with Gasteiger partial charge >= 0.3 is 0 Å². The summed E-state index contributed by atoms with van der Waals surface area (Å²) in [4.78, 5) is 4.87. The molecular formula is C26H24IrN-. The Morgan fingerprint density at radius 2 is 1.61 bits per heavy atom. The second kappa shape index (κ2) is 6.37. The second-order valence-electron chi connectivity index (χ2n) is 9.09. The van der Waals surface area contributed by atoms with Crippen molar-refractivity contribution in [3.8, 4) is 22.4 Å². The first-order valence-corrected chi connectivity index (χ1v) is 10.3. The van der Waals surface area contributed by atoms with Crippen molar-refractivity contribution in [2.24, 2.45) is 0 Å². The molecule has 143 valence electrons. The van der Waals surface area contributed by atoms with Crippen molar-refractivity contribution in [1.29, 1.82) is 0 Å². The first kappa shape index (κ1) is 18.3. The number of nitrogens with zero attached hydrogens (tertiary/aromatic N) is 1. The predicted octanol–water partition coefficient (Wildman–Crippen LogP) is 6.61. The molecule has 1 aromatic heterocycles. The first-order valence-electron chi connectivity index (χ1n) is 10.3. The molecule has 0 unspecified atom stereocenters. The van der Waals surface area contributed by atoms with Crippen LogP contribution < -0.4 is 0 Å². The van der Waals surface area contributed by atoms with Crippen molar-refractivity contribution in [3.05, 3.63) is 77.0 Å². The maximum Gasteiger partial charge on any atom is 0.0198 e. The summed E-state index contributed by atoms with van der Waals surface area (Å²) in [7, 11) is 0. The van der Waals surface area contributed by atoms with Crippen LogP contribution in [-0.2, 0) is 25.5 Å². The van der Waals surface area contributed by atoms with Crippen LogP contribution in [0.1, 0.15) is 73.6 Å². The van der Waals surface area contributed by atoms with Gasteiger partial charge in [-0.15, -0.1) is 29.3 Å². The van der Waals surface area contributed by atoms with E-state index >= 15 is 0 Å². The molecular weight excluding hydrogens is 519 g/mol. The molecule has 4 aliphatic carbocycles. The Bertz CT molecular complexity index is 1070. The van der Waals surface area contributed by atoms with Crippen LogP contribution in [0.4, 0.5) is 0 Å². The van der Waals surface area contributed by atoms with E-state index in [1.807, 2.05) is 0 Å². The summed E-state index contributed by atoms with van der Waals surface area (Å²) in [5.74, 6) is 1.51. The molecule has 1 nitrogen and oxygen atoms in total. The van der Waals surface area contributed by atoms with Gasteiger partial charge in [0.25, 0.3) is 0 Å². The molecule has 2 bridgehead atoms. The normalized spacial score (nSPS) is 22.8. The van der Waals surface area contributed by atoms with E-state index in [0.717, 1.165) is 23.1 Å². The van der Waals surface area contributed by atoms with Gasteiger partial charge in [0, 0.05) is 26.3 Å². The predicted molar refractivity (Wildman–Crippen MR) is 110 cm³/mol. The molecule has 1 saturated carbocycles. The molecule has 2 heteroatoms. The minimum atomic E-state index is 0. The van der Waals surface area contributed by atoms with E-state index in [0.29, 0.717) is 0 Å². The third-order valence-corrected chi connectivity index (χ3v) is 7.37. The van der Waals surface area contributed by atoms with Gasteiger partial charge in [0.1, 0.15) is 0 Å². The topological polar surface area (TPSA) is 12.9 Å². The summed E-state index contributed by atoms with van der Waals surface area (Å²) >= 11 is 0. The summed E-state index contributed by atoms with van der Waals surface area (Å²) in [6, 6.07) is 19.2. The number of rotatable bonds is 1. The SMILES string of the molecule is CC1(C)c2ccccc2-c2c[c-]c(-c3cc4c(cn3)C3CCC4CC3)cc21.[Ir]. The Hall–Kier alpha value is -1.76. The average Bonchev–Trinajstić information content (AvgIpc) is 2.96. The second-order valence-corrected chi connectivity index (χ2v) is 9.09. The van der Waals surface area contributed by atoms with Gasteiger partial charge in [0.05, 0.1) is 0 Å². The van der Waals surface area contributed by atoms with Gasteiger partial charge in [-0.2, -0.15) is 0 Å². The summed E-state index contributed by atoms with van der Waals surface area (Å²) in [6.45, 7) is 4.67. The Kier molecular flexibility index (Phi) is 4.16. The Balaban J connectivity index is 0.00000171. The van der Waals surface area contributed by atoms with E-state index in [1.165, 1.54) is 53.5 Å². The van der Waals surface area contributed by atoms with Crippen LogP contribution in [0, 0.1) is 6.07 Å². The molecule has 0 amide bonds. The van der Waals surface area contributed by atoms with E-state index in [9.17, 15) is 0 Å². The number of fused-ring (bicyclic) bond motifs is 5. The van der Waals surface area contributed by atoms with Crippen molar-refractivity contribution < 1.29 is 20.1 Å². The molecule has 1 heterocycles. The van der Waals surface area contributed by atoms with Gasteiger partial charge in [-0.1, -0.05) is 55.3 Å². The summed E-state index contributed by atoms with van der Waals surface area (Å²) in [5.41, 5.74) is 10.9. The molecule has 2 aromatic carbocycles. The quantitative estimate of drug-likeness (QED) is 0.316. The molecule has 0 aliphatic heterocycles. The third kappa shape index (κ3) is 2.44. The van der Waals surface area contributed by atoms with Crippen molar-refractivity contribution in [2.75, 3.05) is 0 Å². The van der Waals surface area contributed by atoms with E-state index in [2.05, 4.69) is 68.6 Å². The van der Waals surface area contributed by atoms with Crippen molar-refractivity contribution in [2.45, 2.75) is 56.8 Å². The van der Waals surface area contributed by atoms with Gasteiger partial charge in [-0.05, 0) is 65.3 Å². The van der Waals surface area contributed by atoms with E-state index in [-0.39, 0.29) is 25.5 Å². The van der Waals surface area contributed by atoms with Crippen LogP contribution in [-0.4, -0.2) is 4.98 Å². The van der Waals surface area contributed by atoms with Gasteiger partial charge in [-0.3, -0.25) is 0 Å². The van der Waals surface area contributed by atoms with Crippen LogP contribution in [0.25, 0.3) is 22.4 Å². The molecule has 4 aliphatic rings.